The normalized spacial score (nSPS) is 28.6. The van der Waals surface area contributed by atoms with Gasteiger partial charge in [-0.15, -0.1) is 0 Å². The van der Waals surface area contributed by atoms with E-state index >= 15 is 0 Å². The fourth-order valence-electron chi connectivity index (χ4n) is 3.35. The van der Waals surface area contributed by atoms with Crippen LogP contribution in [0.25, 0.3) is 0 Å². The highest BCUT2D eigenvalue weighted by Gasteiger charge is 2.33. The zero-order chi connectivity index (χ0) is 12.6. The lowest BCUT2D eigenvalue weighted by Gasteiger charge is -2.20. The lowest BCUT2D eigenvalue weighted by molar-refractivity contribution is 0.453. The molecule has 1 aliphatic rings. The van der Waals surface area contributed by atoms with Gasteiger partial charge in [-0.25, -0.2) is 9.97 Å². The van der Waals surface area contributed by atoms with Crippen molar-refractivity contribution in [1.82, 2.24) is 9.97 Å². The molecule has 0 aliphatic heterocycles. The first-order valence-electron chi connectivity index (χ1n) is 6.84. The van der Waals surface area contributed by atoms with Crippen molar-refractivity contribution in [1.29, 1.82) is 0 Å². The van der Waals surface area contributed by atoms with E-state index in [1.54, 1.807) is 0 Å². The van der Waals surface area contributed by atoms with Crippen LogP contribution in [0.4, 0.5) is 0 Å². The monoisotopic (exact) mass is 232 g/mol. The highest BCUT2D eigenvalue weighted by Crippen LogP contribution is 2.44. The number of hydrogen-bond acceptors (Lipinski definition) is 2. The number of hydrogen-bond donors (Lipinski definition) is 0. The van der Waals surface area contributed by atoms with Crippen LogP contribution >= 0.6 is 0 Å². The molecular weight excluding hydrogens is 208 g/mol. The first kappa shape index (κ1) is 12.5. The Morgan fingerprint density at radius 2 is 1.82 bits per heavy atom. The molecule has 0 aromatic carbocycles. The van der Waals surface area contributed by atoms with Crippen LogP contribution in [0.3, 0.4) is 0 Å². The van der Waals surface area contributed by atoms with Gasteiger partial charge in [-0.2, -0.15) is 0 Å². The maximum absolute atomic E-state index is 4.74. The zero-order valence-corrected chi connectivity index (χ0v) is 11.7. The topological polar surface area (TPSA) is 25.8 Å². The van der Waals surface area contributed by atoms with Crippen LogP contribution < -0.4 is 0 Å². The molecule has 1 saturated carbocycles. The highest BCUT2D eigenvalue weighted by atomic mass is 14.9. The molecule has 3 atom stereocenters. The lowest BCUT2D eigenvalue weighted by atomic mass is 9.88. The van der Waals surface area contributed by atoms with Crippen LogP contribution in [0.15, 0.2) is 0 Å². The zero-order valence-electron chi connectivity index (χ0n) is 11.7. The van der Waals surface area contributed by atoms with Crippen molar-refractivity contribution in [3.05, 3.63) is 22.8 Å². The fraction of sp³-hybridized carbons (Fsp3) is 0.733. The molecule has 2 rings (SSSR count). The highest BCUT2D eigenvalue weighted by molar-refractivity contribution is 5.28. The van der Waals surface area contributed by atoms with E-state index in [1.165, 1.54) is 30.5 Å². The van der Waals surface area contributed by atoms with E-state index in [2.05, 4.69) is 32.7 Å². The summed E-state index contributed by atoms with van der Waals surface area (Å²) in [6.07, 6.45) is 3.94. The molecule has 0 amide bonds. The molecule has 1 fully saturated rings. The van der Waals surface area contributed by atoms with Crippen molar-refractivity contribution in [2.45, 2.75) is 59.8 Å². The Labute approximate surface area is 105 Å². The second-order valence-electron chi connectivity index (χ2n) is 5.72. The summed E-state index contributed by atoms with van der Waals surface area (Å²) in [7, 11) is 0. The Kier molecular flexibility index (Phi) is 3.50. The van der Waals surface area contributed by atoms with Crippen LogP contribution in [-0.2, 0) is 0 Å². The van der Waals surface area contributed by atoms with Gasteiger partial charge in [-0.1, -0.05) is 20.3 Å². The molecule has 0 saturated heterocycles. The molecule has 17 heavy (non-hydrogen) atoms. The summed E-state index contributed by atoms with van der Waals surface area (Å²) in [4.78, 5) is 9.20. The van der Waals surface area contributed by atoms with Gasteiger partial charge in [-0.05, 0) is 51.0 Å². The van der Waals surface area contributed by atoms with Gasteiger partial charge >= 0.3 is 0 Å². The van der Waals surface area contributed by atoms with Gasteiger partial charge in [0.1, 0.15) is 5.82 Å². The van der Waals surface area contributed by atoms with Gasteiger partial charge in [0.2, 0.25) is 0 Å². The van der Waals surface area contributed by atoms with Crippen molar-refractivity contribution < 1.29 is 0 Å². The van der Waals surface area contributed by atoms with Crippen LogP contribution in [-0.4, -0.2) is 9.97 Å². The van der Waals surface area contributed by atoms with E-state index in [0.29, 0.717) is 5.92 Å². The minimum Gasteiger partial charge on any atom is -0.238 e. The number of nitrogens with zero attached hydrogens (tertiary/aromatic N) is 2. The summed E-state index contributed by atoms with van der Waals surface area (Å²) in [6, 6.07) is 0. The average molecular weight is 232 g/mol. The Hall–Kier alpha value is -0.920. The summed E-state index contributed by atoms with van der Waals surface area (Å²) in [5.74, 6) is 3.25. The fourth-order valence-corrected chi connectivity index (χ4v) is 3.35. The minimum atomic E-state index is 0.662. The lowest BCUT2D eigenvalue weighted by Crippen LogP contribution is -2.12. The second-order valence-corrected chi connectivity index (χ2v) is 5.72. The van der Waals surface area contributed by atoms with Crippen LogP contribution in [0.5, 0.6) is 0 Å². The van der Waals surface area contributed by atoms with Gasteiger partial charge in [0.15, 0.2) is 0 Å². The summed E-state index contributed by atoms with van der Waals surface area (Å²) < 4.78 is 0. The van der Waals surface area contributed by atoms with Crippen LogP contribution in [0.1, 0.15) is 61.8 Å². The molecule has 1 aliphatic carbocycles. The molecule has 2 nitrogen and oxygen atoms in total. The van der Waals surface area contributed by atoms with Gasteiger partial charge < -0.3 is 0 Å². The van der Waals surface area contributed by atoms with E-state index < -0.39 is 0 Å². The Bertz CT molecular complexity index is 412. The molecule has 0 spiro atoms. The van der Waals surface area contributed by atoms with E-state index in [4.69, 9.17) is 4.98 Å². The molecule has 94 valence electrons. The standard InChI is InChI=1S/C15H24N2/c1-6-13-7-9(2)8-14(13)15-10(3)11(4)16-12(5)17-15/h9,13-14H,6-8H2,1-5H3. The van der Waals surface area contributed by atoms with E-state index in [-0.39, 0.29) is 0 Å². The third-order valence-corrected chi connectivity index (χ3v) is 4.34. The molecule has 1 heterocycles. The SMILES string of the molecule is CCC1CC(C)CC1c1nc(C)nc(C)c1C. The maximum atomic E-state index is 4.74. The first-order valence-corrected chi connectivity index (χ1v) is 6.84. The maximum Gasteiger partial charge on any atom is 0.125 e. The quantitative estimate of drug-likeness (QED) is 0.771. The summed E-state index contributed by atoms with van der Waals surface area (Å²) in [5, 5.41) is 0. The molecule has 0 N–H and O–H groups in total. The molecule has 0 bridgehead atoms. The Morgan fingerprint density at radius 3 is 2.47 bits per heavy atom. The molecule has 0 radical (unpaired) electrons. The van der Waals surface area contributed by atoms with Crippen LogP contribution in [0, 0.1) is 32.6 Å². The predicted molar refractivity (Wildman–Crippen MR) is 71.2 cm³/mol. The smallest absolute Gasteiger partial charge is 0.125 e. The van der Waals surface area contributed by atoms with Gasteiger partial charge in [0.25, 0.3) is 0 Å². The summed E-state index contributed by atoms with van der Waals surface area (Å²) in [5.41, 5.74) is 3.79. The predicted octanol–water partition coefficient (Wildman–Crippen LogP) is 3.94. The molecule has 2 heteroatoms. The summed E-state index contributed by atoms with van der Waals surface area (Å²) >= 11 is 0. The second kappa shape index (κ2) is 4.75. The molecular formula is C15H24N2. The van der Waals surface area contributed by atoms with Crippen LogP contribution in [0.2, 0.25) is 0 Å². The van der Waals surface area contributed by atoms with E-state index in [9.17, 15) is 0 Å². The number of aromatic nitrogens is 2. The van der Waals surface area contributed by atoms with E-state index in [1.807, 2.05) is 6.92 Å². The van der Waals surface area contributed by atoms with E-state index in [0.717, 1.165) is 23.4 Å². The van der Waals surface area contributed by atoms with Gasteiger partial charge in [0.05, 0.1) is 5.69 Å². The average Bonchev–Trinajstić information content (AvgIpc) is 2.64. The largest absolute Gasteiger partial charge is 0.238 e. The minimum absolute atomic E-state index is 0.662. The Balaban J connectivity index is 2.39. The first-order chi connectivity index (χ1) is 8.02. The third kappa shape index (κ3) is 2.36. The third-order valence-electron chi connectivity index (χ3n) is 4.34. The van der Waals surface area contributed by atoms with Crippen molar-refractivity contribution in [3.8, 4) is 0 Å². The van der Waals surface area contributed by atoms with Crippen molar-refractivity contribution >= 4 is 0 Å². The van der Waals surface area contributed by atoms with Crippen molar-refractivity contribution in [2.24, 2.45) is 11.8 Å². The molecule has 3 unspecified atom stereocenters. The van der Waals surface area contributed by atoms with Gasteiger partial charge in [0, 0.05) is 11.6 Å². The van der Waals surface area contributed by atoms with Crippen molar-refractivity contribution in [2.75, 3.05) is 0 Å². The number of rotatable bonds is 2. The molecule has 1 aromatic rings. The summed E-state index contributed by atoms with van der Waals surface area (Å²) in [6.45, 7) is 11.0. The van der Waals surface area contributed by atoms with Gasteiger partial charge in [-0.3, -0.25) is 0 Å². The van der Waals surface area contributed by atoms with Crippen molar-refractivity contribution in [3.63, 3.8) is 0 Å². The Morgan fingerprint density at radius 1 is 1.12 bits per heavy atom. The number of aryl methyl sites for hydroxylation is 2. The molecule has 1 aromatic heterocycles.